The maximum absolute atomic E-state index is 3.95. The lowest BCUT2D eigenvalue weighted by Crippen LogP contribution is -2.62. The summed E-state index contributed by atoms with van der Waals surface area (Å²) in [5.41, 5.74) is 0. The first-order valence-corrected chi connectivity index (χ1v) is 11.8. The van der Waals surface area contributed by atoms with Crippen molar-refractivity contribution in [2.45, 2.75) is 44.7 Å². The Bertz CT molecular complexity index is 260. The van der Waals surface area contributed by atoms with Gasteiger partial charge >= 0.3 is 0 Å². The molecule has 1 rings (SSSR count). The highest BCUT2D eigenvalue weighted by atomic mass is 28.4. The van der Waals surface area contributed by atoms with Gasteiger partial charge in [0.1, 0.15) is 16.5 Å². The minimum atomic E-state index is -1.39. The van der Waals surface area contributed by atoms with Crippen molar-refractivity contribution >= 4 is 16.5 Å². The Morgan fingerprint density at radius 1 is 0.929 bits per heavy atom. The number of hydrogen-bond acceptors (Lipinski definition) is 1. The molecule has 1 aliphatic rings. The Kier molecular flexibility index (Phi) is 2.96. The van der Waals surface area contributed by atoms with E-state index in [9.17, 15) is 0 Å². The molecule has 14 heavy (non-hydrogen) atoms. The highest BCUT2D eigenvalue weighted by molar-refractivity contribution is 6.92. The molecule has 0 spiro atoms. The largest absolute Gasteiger partial charge is 0.359 e. The maximum Gasteiger partial charge on any atom is 0.126 e. The predicted octanol–water partition coefficient (Wildman–Crippen LogP) is 3.50. The zero-order valence-electron chi connectivity index (χ0n) is 10.3. The molecule has 0 radical (unpaired) electrons. The van der Waals surface area contributed by atoms with Crippen molar-refractivity contribution in [3.63, 3.8) is 0 Å². The van der Waals surface area contributed by atoms with E-state index < -0.39 is 16.5 Å². The molecule has 0 saturated carbocycles. The highest BCUT2D eigenvalue weighted by Gasteiger charge is 2.42. The molecule has 0 aromatic heterocycles. The fourth-order valence-corrected chi connectivity index (χ4v) is 11.7. The number of hydrogen-bond donors (Lipinski definition) is 1. The van der Waals surface area contributed by atoms with Gasteiger partial charge in [0.05, 0.1) is 0 Å². The van der Waals surface area contributed by atoms with Gasteiger partial charge in [-0.25, -0.2) is 0 Å². The van der Waals surface area contributed by atoms with E-state index in [1.165, 1.54) is 0 Å². The first-order chi connectivity index (χ1) is 6.16. The van der Waals surface area contributed by atoms with E-state index in [1.54, 1.807) is 0 Å². The fraction of sp³-hybridized carbons (Fsp3) is 0.636. The second-order valence-electron chi connectivity index (χ2n) is 6.00. The van der Waals surface area contributed by atoms with Crippen molar-refractivity contribution < 1.29 is 0 Å². The van der Waals surface area contributed by atoms with E-state index in [0.717, 1.165) is 0 Å². The summed E-state index contributed by atoms with van der Waals surface area (Å²) >= 11 is 0. The van der Waals surface area contributed by atoms with Gasteiger partial charge in [-0.05, 0) is 0 Å². The third kappa shape index (κ3) is 2.46. The van der Waals surface area contributed by atoms with Gasteiger partial charge < -0.3 is 4.65 Å². The summed E-state index contributed by atoms with van der Waals surface area (Å²) in [4.78, 5) is 0. The zero-order valence-corrected chi connectivity index (χ0v) is 12.3. The molecular weight excluding hydrogens is 202 g/mol. The van der Waals surface area contributed by atoms with Gasteiger partial charge in [0, 0.05) is 5.04 Å². The molecular formula is C11H23NSi2. The van der Waals surface area contributed by atoms with Gasteiger partial charge in [0.25, 0.3) is 0 Å². The molecule has 0 amide bonds. The molecule has 80 valence electrons. The van der Waals surface area contributed by atoms with Crippen LogP contribution in [0.2, 0.25) is 37.8 Å². The molecule has 0 bridgehead atoms. The van der Waals surface area contributed by atoms with Gasteiger partial charge in [-0.2, -0.15) is 0 Å². The van der Waals surface area contributed by atoms with Crippen LogP contribution in [-0.2, 0) is 0 Å². The minimum Gasteiger partial charge on any atom is -0.359 e. The second kappa shape index (κ2) is 3.47. The van der Waals surface area contributed by atoms with Crippen LogP contribution in [-0.4, -0.2) is 16.5 Å². The lowest BCUT2D eigenvalue weighted by molar-refractivity contribution is 0.896. The maximum atomic E-state index is 3.95. The van der Waals surface area contributed by atoms with Crippen LogP contribution in [0.15, 0.2) is 24.3 Å². The standard InChI is InChI=1S/C11H23NSi2/c1-11(9-7-8-10-11)14(5,6)12-13(2,3)4/h7-10,12H,1-6H3. The molecule has 0 heterocycles. The Morgan fingerprint density at radius 3 is 1.71 bits per heavy atom. The van der Waals surface area contributed by atoms with Crippen molar-refractivity contribution in [3.05, 3.63) is 24.3 Å². The molecule has 1 nitrogen and oxygen atoms in total. The normalized spacial score (nSPS) is 20.4. The molecule has 0 fully saturated rings. The molecule has 0 unspecified atom stereocenters. The Labute approximate surface area is 90.5 Å². The fourth-order valence-electron chi connectivity index (χ4n) is 2.06. The Morgan fingerprint density at radius 2 is 1.36 bits per heavy atom. The van der Waals surface area contributed by atoms with Crippen LogP contribution in [0.1, 0.15) is 6.92 Å². The van der Waals surface area contributed by atoms with Gasteiger partial charge in [-0.3, -0.25) is 0 Å². The SMILES string of the molecule is CC1([Si](C)(C)N[Si](C)(C)C)C=CC=C1. The van der Waals surface area contributed by atoms with Crippen molar-refractivity contribution in [3.8, 4) is 0 Å². The van der Waals surface area contributed by atoms with Gasteiger partial charge in [-0.15, -0.1) is 0 Å². The van der Waals surface area contributed by atoms with Crippen molar-refractivity contribution in [1.82, 2.24) is 4.65 Å². The third-order valence-corrected chi connectivity index (χ3v) is 11.6. The Hall–Kier alpha value is -0.126. The van der Waals surface area contributed by atoms with Crippen molar-refractivity contribution in [1.29, 1.82) is 0 Å². The van der Waals surface area contributed by atoms with Gasteiger partial charge in [-0.1, -0.05) is 64.0 Å². The number of rotatable bonds is 3. The highest BCUT2D eigenvalue weighted by Crippen LogP contribution is 2.42. The summed E-state index contributed by atoms with van der Waals surface area (Å²) in [7, 11) is -2.56. The van der Waals surface area contributed by atoms with E-state index in [4.69, 9.17) is 0 Å². The van der Waals surface area contributed by atoms with Gasteiger partial charge in [0.15, 0.2) is 0 Å². The molecule has 1 N–H and O–H groups in total. The summed E-state index contributed by atoms with van der Waals surface area (Å²) in [6, 6.07) is 0. The molecule has 0 atom stereocenters. The van der Waals surface area contributed by atoms with Crippen LogP contribution in [0.25, 0.3) is 0 Å². The third-order valence-electron chi connectivity index (χ3n) is 3.03. The number of allylic oxidation sites excluding steroid dienone is 4. The quantitative estimate of drug-likeness (QED) is 0.725. The van der Waals surface area contributed by atoms with E-state index in [2.05, 4.69) is 68.6 Å². The van der Waals surface area contributed by atoms with E-state index in [1.807, 2.05) is 0 Å². The number of nitrogens with one attached hydrogen (secondary N) is 1. The van der Waals surface area contributed by atoms with Crippen molar-refractivity contribution in [2.75, 3.05) is 0 Å². The van der Waals surface area contributed by atoms with Crippen molar-refractivity contribution in [2.24, 2.45) is 0 Å². The minimum absolute atomic E-state index is 0.299. The molecule has 0 saturated heterocycles. The average molecular weight is 225 g/mol. The zero-order chi connectivity index (χ0) is 11.0. The second-order valence-corrected chi connectivity index (χ2v) is 15.8. The molecule has 3 heteroatoms. The van der Waals surface area contributed by atoms with Crippen LogP contribution in [0, 0.1) is 0 Å². The Balaban J connectivity index is 2.85. The summed E-state index contributed by atoms with van der Waals surface area (Å²) in [6.45, 7) is 14.4. The van der Waals surface area contributed by atoms with Crippen LogP contribution < -0.4 is 4.65 Å². The van der Waals surface area contributed by atoms with E-state index in [-0.39, 0.29) is 0 Å². The summed E-state index contributed by atoms with van der Waals surface area (Å²) < 4.78 is 3.95. The summed E-state index contributed by atoms with van der Waals surface area (Å²) in [6.07, 6.45) is 9.07. The lowest BCUT2D eigenvalue weighted by atomic mass is 10.2. The van der Waals surface area contributed by atoms with Gasteiger partial charge in [0.2, 0.25) is 0 Å². The molecule has 0 aromatic rings. The lowest BCUT2D eigenvalue weighted by Gasteiger charge is -2.42. The topological polar surface area (TPSA) is 12.0 Å². The average Bonchev–Trinajstić information content (AvgIpc) is 2.31. The summed E-state index contributed by atoms with van der Waals surface area (Å²) in [5.74, 6) is 0. The predicted molar refractivity (Wildman–Crippen MR) is 70.6 cm³/mol. The molecule has 0 aromatic carbocycles. The van der Waals surface area contributed by atoms with Crippen LogP contribution in [0.5, 0.6) is 0 Å². The van der Waals surface area contributed by atoms with Crippen LogP contribution in [0.4, 0.5) is 0 Å². The van der Waals surface area contributed by atoms with E-state index >= 15 is 0 Å². The van der Waals surface area contributed by atoms with E-state index in [0.29, 0.717) is 5.04 Å². The molecule has 1 aliphatic carbocycles. The first kappa shape index (κ1) is 11.9. The smallest absolute Gasteiger partial charge is 0.126 e. The van der Waals surface area contributed by atoms with Crippen LogP contribution in [0.3, 0.4) is 0 Å². The first-order valence-electron chi connectivity index (χ1n) is 5.33. The molecule has 0 aliphatic heterocycles. The monoisotopic (exact) mass is 225 g/mol. The summed E-state index contributed by atoms with van der Waals surface area (Å²) in [5, 5.41) is 0.299. The van der Waals surface area contributed by atoms with Crippen LogP contribution >= 0.6 is 0 Å².